The van der Waals surface area contributed by atoms with Gasteiger partial charge >= 0.3 is 0 Å². The fraction of sp³-hybridized carbons (Fsp3) is 0.950. The summed E-state index contributed by atoms with van der Waals surface area (Å²) in [5, 5.41) is 378. The predicted octanol–water partition coefficient (Wildman–Crippen LogP) is -24.9. The van der Waals surface area contributed by atoms with Crippen molar-refractivity contribution in [1.82, 2.24) is 21.3 Å². The number of ether oxygens (including phenoxy) is 22. The molecule has 59 atom stereocenters. The molecule has 11 heterocycles. The SMILES string of the molecule is CC(=O)N[C@H]1[C@H](O[C@H]2[C@@H](O)[C@@H](CO[C@@H]3O[C@H](CO)[C@@H](O[C@@H]4O[C@H](CO)[C@H](O)[C@H](O)[C@H]4O)[C@H](O[C@@H]4O[C@@H](C)[C@@H](O)[C@@H](O)[C@@H]4O)[C@H]3NC(C)=O)O[C@@H](O[C@H]3[C@H](O)[C@@H](NC(C)=O)[C@H](OC[C@H]4O[C@@H](O[C@@H]([C@H](O)[C@@H](O)CO)[C@H](O)CO)[C@H](O)[C@@H](O[C@@H]5O[C@H](CO)[C@@H](O)[C@H](O[C@@H]6O[C@H](CO)[C@H](O)[C@H](O)[C@H]6O[C@@H]6O[C@@H](C)[C@@H](O)[C@@H](O)[C@@H]6O)[C@H]5NC(C)=O)[C@H]4O)O[C@@H]3CO)[C@@H]2O)O[C@H](CO)[C@@H](O[C@@H]2O[C@H](CO)[C@H](O)[C@H](O)[C@H]2O)[C@@H]1O. The van der Waals surface area contributed by atoms with Gasteiger partial charge in [0, 0.05) is 27.7 Å². The Morgan fingerprint density at radius 1 is 0.238 bits per heavy atom. The van der Waals surface area contributed by atoms with Gasteiger partial charge in [-0.2, -0.15) is 0 Å². The minimum atomic E-state index is -2.62. The first-order valence-electron chi connectivity index (χ1n) is 45.8. The van der Waals surface area contributed by atoms with Crippen LogP contribution in [0.15, 0.2) is 0 Å². The maximum Gasteiger partial charge on any atom is 0.217 e. The minimum Gasteiger partial charge on any atom is -0.394 e. The van der Waals surface area contributed by atoms with Crippen LogP contribution >= 0.6 is 0 Å². The molecule has 0 aromatic heterocycles. The Bertz CT molecular complexity index is 3900. The van der Waals surface area contributed by atoms with Gasteiger partial charge in [-0.15, -0.1) is 0 Å². The Morgan fingerprint density at radius 2 is 0.510 bits per heavy atom. The highest BCUT2D eigenvalue weighted by atomic mass is 16.8. The van der Waals surface area contributed by atoms with E-state index in [0.29, 0.717) is 0 Å². The molecule has 11 aliphatic heterocycles. The second kappa shape index (κ2) is 52.3. The summed E-state index contributed by atoms with van der Waals surface area (Å²) >= 11 is 0. The summed E-state index contributed by atoms with van der Waals surface area (Å²) < 4.78 is 132. The van der Waals surface area contributed by atoms with E-state index >= 15 is 0 Å². The van der Waals surface area contributed by atoms with Gasteiger partial charge in [0.15, 0.2) is 69.2 Å². The first-order valence-corrected chi connectivity index (χ1v) is 45.8. The summed E-state index contributed by atoms with van der Waals surface area (Å²) in [7, 11) is 0. The number of amides is 4. The third-order valence-electron chi connectivity index (χ3n) is 26.2. The van der Waals surface area contributed by atoms with E-state index in [1.54, 1.807) is 0 Å². The summed E-state index contributed by atoms with van der Waals surface area (Å²) in [6.45, 7) is -7.20. The molecule has 0 spiro atoms. The van der Waals surface area contributed by atoms with E-state index in [1.165, 1.54) is 13.8 Å². The van der Waals surface area contributed by atoms with Crippen molar-refractivity contribution in [2.75, 3.05) is 72.7 Å². The highest BCUT2D eigenvalue weighted by Gasteiger charge is 2.63. The average Bonchev–Trinajstić information content (AvgIpc) is 0.770. The van der Waals surface area contributed by atoms with Crippen molar-refractivity contribution in [1.29, 1.82) is 0 Å². The number of nitrogens with one attached hydrogen (secondary N) is 4. The van der Waals surface area contributed by atoms with E-state index in [-0.39, 0.29) is 0 Å². The predicted molar refractivity (Wildman–Crippen MR) is 441 cm³/mol. The van der Waals surface area contributed by atoms with Crippen LogP contribution in [0.25, 0.3) is 0 Å². The zero-order valence-electron chi connectivity index (χ0n) is 77.2. The number of aliphatic hydroxyl groups excluding tert-OH is 33. The van der Waals surface area contributed by atoms with Crippen LogP contribution in [-0.4, -0.2) is 627 Å². The van der Waals surface area contributed by atoms with Crippen molar-refractivity contribution in [3.8, 4) is 0 Å². The molecular weight excluding hydrogens is 1960 g/mol. The molecule has 11 rings (SSSR count). The average molecular weight is 2100 g/mol. The number of hydrogen-bond donors (Lipinski definition) is 37. The summed E-state index contributed by atoms with van der Waals surface area (Å²) in [5.74, 6) is -4.14. The van der Waals surface area contributed by atoms with Crippen LogP contribution in [0.1, 0.15) is 41.5 Å². The molecule has 0 unspecified atom stereocenters. The molecule has 4 amide bonds. The van der Waals surface area contributed by atoms with Crippen LogP contribution in [0.3, 0.4) is 0 Å². The number of aliphatic hydroxyl groups is 33. The first-order chi connectivity index (χ1) is 67.6. The Balaban J connectivity index is 0.923. The van der Waals surface area contributed by atoms with E-state index in [4.69, 9.17) is 104 Å². The molecule has 0 aromatic carbocycles. The van der Waals surface area contributed by atoms with Gasteiger partial charge in [-0.25, -0.2) is 0 Å². The molecule has 0 aliphatic carbocycles. The van der Waals surface area contributed by atoms with E-state index in [0.717, 1.165) is 27.7 Å². The molecule has 37 N–H and O–H groups in total. The van der Waals surface area contributed by atoms with Crippen LogP contribution < -0.4 is 21.3 Å². The molecule has 63 heteroatoms. The number of carbonyl (C=O) groups is 4. The van der Waals surface area contributed by atoms with Gasteiger partial charge in [-0.1, -0.05) is 0 Å². The van der Waals surface area contributed by atoms with Crippen LogP contribution in [-0.2, 0) is 123 Å². The summed E-state index contributed by atoms with van der Waals surface area (Å²) in [6.07, 6.45) is -118. The van der Waals surface area contributed by atoms with Gasteiger partial charge in [0.2, 0.25) is 23.6 Å². The molecule has 830 valence electrons. The van der Waals surface area contributed by atoms with Crippen LogP contribution in [0.2, 0.25) is 0 Å². The molecular formula is C80H136N4O59. The molecule has 11 aliphatic rings. The molecule has 0 bridgehead atoms. The topological polar surface area (TPSA) is 987 Å². The number of rotatable bonds is 40. The summed E-state index contributed by atoms with van der Waals surface area (Å²) in [4.78, 5) is 53.7. The maximum absolute atomic E-state index is 13.5. The molecule has 11 fully saturated rings. The third kappa shape index (κ3) is 26.8. The van der Waals surface area contributed by atoms with E-state index < -0.39 is 458 Å². The monoisotopic (exact) mass is 2100 g/mol. The Labute approximate surface area is 810 Å². The minimum absolute atomic E-state index is 0.865. The van der Waals surface area contributed by atoms with Gasteiger partial charge in [-0.3, -0.25) is 19.2 Å². The quantitative estimate of drug-likeness (QED) is 0.0271. The lowest BCUT2D eigenvalue weighted by Crippen LogP contribution is -2.71. The van der Waals surface area contributed by atoms with Crippen molar-refractivity contribution in [2.45, 2.75) is 403 Å². The van der Waals surface area contributed by atoms with Gasteiger partial charge in [0.25, 0.3) is 0 Å². The lowest BCUT2D eigenvalue weighted by molar-refractivity contribution is -0.390. The highest BCUT2D eigenvalue weighted by Crippen LogP contribution is 2.42. The summed E-state index contributed by atoms with van der Waals surface area (Å²) in [6, 6.07) is -8.23. The van der Waals surface area contributed by atoms with Crippen molar-refractivity contribution in [3.63, 3.8) is 0 Å². The first kappa shape index (κ1) is 119. The molecule has 11 saturated heterocycles. The van der Waals surface area contributed by atoms with Gasteiger partial charge < -0.3 is 294 Å². The van der Waals surface area contributed by atoms with Crippen LogP contribution in [0.5, 0.6) is 0 Å². The van der Waals surface area contributed by atoms with Crippen LogP contribution in [0.4, 0.5) is 0 Å². The normalized spacial score (nSPS) is 48.3. The van der Waals surface area contributed by atoms with Crippen molar-refractivity contribution < 1.29 is 292 Å². The second-order valence-electron chi connectivity index (χ2n) is 36.4. The van der Waals surface area contributed by atoms with E-state index in [1.807, 2.05) is 0 Å². The number of hydrogen-bond acceptors (Lipinski definition) is 59. The fourth-order valence-electron chi connectivity index (χ4n) is 18.3. The second-order valence-corrected chi connectivity index (χ2v) is 36.4. The Kier molecular flexibility index (Phi) is 43.5. The highest BCUT2D eigenvalue weighted by molar-refractivity contribution is 5.74. The largest absolute Gasteiger partial charge is 0.394 e. The van der Waals surface area contributed by atoms with Gasteiger partial charge in [-0.05, 0) is 13.8 Å². The summed E-state index contributed by atoms with van der Waals surface area (Å²) in [5.41, 5.74) is 0. The Morgan fingerprint density at radius 3 is 0.930 bits per heavy atom. The zero-order chi connectivity index (χ0) is 106. The van der Waals surface area contributed by atoms with Crippen LogP contribution in [0, 0.1) is 0 Å². The van der Waals surface area contributed by atoms with Gasteiger partial charge in [0.1, 0.15) is 281 Å². The fourth-order valence-corrected chi connectivity index (χ4v) is 18.3. The maximum atomic E-state index is 13.5. The molecule has 0 radical (unpaired) electrons. The lowest BCUT2D eigenvalue weighted by Gasteiger charge is -2.51. The molecule has 143 heavy (non-hydrogen) atoms. The number of carbonyl (C=O) groups excluding carboxylic acids is 4. The molecule has 63 nitrogen and oxygen atoms in total. The van der Waals surface area contributed by atoms with Crippen molar-refractivity contribution >= 4 is 23.6 Å². The van der Waals surface area contributed by atoms with Gasteiger partial charge in [0.05, 0.1) is 84.9 Å². The van der Waals surface area contributed by atoms with Crippen molar-refractivity contribution in [3.05, 3.63) is 0 Å². The third-order valence-corrected chi connectivity index (χ3v) is 26.2. The van der Waals surface area contributed by atoms with Crippen molar-refractivity contribution in [2.24, 2.45) is 0 Å². The Hall–Kier alpha value is -4.32. The zero-order valence-corrected chi connectivity index (χ0v) is 77.2. The smallest absolute Gasteiger partial charge is 0.217 e. The standard InChI is InChI=1S/C80H136N4O59/c1-18-39(100)50(111)55(116)74(124-18)140-66-38(84-23(6)97)71(131-32(15-93)64(66)138-77-58(119)53(114)43(104)27(10-88)128-77)123-17-34-46(107)67(141-72-36(82-21(4)95)49(110)63(31(14-92)132-72)136-76-57(118)52(113)42(103)26(9-87)127-76)60(121)79(134-34)137-62-30(13-91)130-70(35(48(62)109)81-20(3)94)122-16-33-47(108)68(59(120)78(133-33)135-61(25(99)8-86)41(102)24(98)7-85)142-73-37(83-22(5)96)65(45(106)29(12-90)126-73)139-80-69(54(115)44(105)28(11-89)129-80)143-75-56(117)51(112)40(101)19(2)125-75/h18-19,24-80,85-93,98-121H,7-17H2,1-6H3,(H,81,94)(H,82,95)(H,83,96)(H,84,97)/t18-,19-,24-,25+,26+,27+,28+,29+,30+,31+,32+,33+,34+,35+,36+,37+,38+,39+,40+,41+,42-,43-,44-,45+,46-,47-,48+,49+,50+,51+,52-,53-,54-,55-,56-,57+,58+,59+,60+,61+,62+,63+,64+,65+,66+,67-,68-,69+,70+,71+,72-,73-,74-,75-,76-,77-,78-,79-,80-/m0/s1. The lowest BCUT2D eigenvalue weighted by atomic mass is 9.93. The molecule has 0 aromatic rings. The van der Waals surface area contributed by atoms with E-state index in [9.17, 15) is 188 Å². The van der Waals surface area contributed by atoms with E-state index in [2.05, 4.69) is 21.3 Å². The molecule has 0 saturated carbocycles.